The van der Waals surface area contributed by atoms with Crippen molar-refractivity contribution in [2.75, 3.05) is 59.6 Å². The first kappa shape index (κ1) is 34.1. The lowest BCUT2D eigenvalue weighted by molar-refractivity contribution is -0.153. The van der Waals surface area contributed by atoms with E-state index in [2.05, 4.69) is 34.5 Å². The van der Waals surface area contributed by atoms with Gasteiger partial charge in [-0.2, -0.15) is 4.31 Å². The number of fused-ring (bicyclic) bond motifs is 1. The fourth-order valence-corrected chi connectivity index (χ4v) is 8.61. The Labute approximate surface area is 285 Å². The normalized spacial score (nSPS) is 18.9. The van der Waals surface area contributed by atoms with Crippen LogP contribution in [0.1, 0.15) is 23.5 Å². The van der Waals surface area contributed by atoms with E-state index in [1.54, 1.807) is 23.5 Å². The van der Waals surface area contributed by atoms with E-state index >= 15 is 0 Å². The quantitative estimate of drug-likeness (QED) is 0.216. The van der Waals surface area contributed by atoms with Crippen LogP contribution in [0.5, 0.6) is 5.75 Å². The van der Waals surface area contributed by atoms with Crippen molar-refractivity contribution in [1.82, 2.24) is 14.1 Å². The number of thiophene rings is 1. The summed E-state index contributed by atoms with van der Waals surface area (Å²) in [6.07, 6.45) is 1.61. The van der Waals surface area contributed by atoms with E-state index in [0.717, 1.165) is 35.3 Å². The summed E-state index contributed by atoms with van der Waals surface area (Å²) in [7, 11) is -2.39. The van der Waals surface area contributed by atoms with Gasteiger partial charge >= 0.3 is 0 Å². The maximum Gasteiger partial charge on any atom is 0.288 e. The molecule has 10 nitrogen and oxygen atoms in total. The number of nitrogens with zero attached hydrogens (tertiary/aromatic N) is 3. The largest absolute Gasteiger partial charge is 0.497 e. The molecule has 0 aliphatic carbocycles. The van der Waals surface area contributed by atoms with Gasteiger partial charge < -0.3 is 24.2 Å². The van der Waals surface area contributed by atoms with Crippen LogP contribution >= 0.6 is 11.3 Å². The minimum absolute atomic E-state index is 0.00278. The summed E-state index contributed by atoms with van der Waals surface area (Å²) in [6.45, 7) is 3.11. The van der Waals surface area contributed by atoms with Gasteiger partial charge in [-0.1, -0.05) is 48.5 Å². The van der Waals surface area contributed by atoms with E-state index in [4.69, 9.17) is 14.2 Å². The molecule has 1 N–H and O–H groups in total. The molecule has 4 aromatic rings. The number of ether oxygens (including phenoxy) is 3. The van der Waals surface area contributed by atoms with Crippen molar-refractivity contribution in [3.8, 4) is 5.75 Å². The molecule has 1 amide bonds. The van der Waals surface area contributed by atoms with Crippen LogP contribution in [0.15, 0.2) is 101 Å². The number of aliphatic hydroxyl groups is 1. The van der Waals surface area contributed by atoms with Crippen LogP contribution in [0, 0.1) is 0 Å². The van der Waals surface area contributed by atoms with Gasteiger partial charge in [0.15, 0.2) is 5.76 Å². The summed E-state index contributed by atoms with van der Waals surface area (Å²) in [5.74, 6) is 0.493. The molecular formula is C36H41N3O7S2. The van der Waals surface area contributed by atoms with Crippen LogP contribution in [-0.4, -0.2) is 99.4 Å². The number of carbonyl (C=O) groups is 1. The number of rotatable bonds is 13. The van der Waals surface area contributed by atoms with Crippen LogP contribution in [0.3, 0.4) is 0 Å². The number of piperazine rings is 1. The molecule has 48 heavy (non-hydrogen) atoms. The third-order valence-electron chi connectivity index (χ3n) is 8.78. The lowest BCUT2D eigenvalue weighted by Gasteiger charge is -2.36. The van der Waals surface area contributed by atoms with E-state index in [0.29, 0.717) is 25.3 Å². The van der Waals surface area contributed by atoms with E-state index in [9.17, 15) is 18.3 Å². The number of amides is 1. The topological polar surface area (TPSA) is 109 Å². The minimum atomic E-state index is -3.90. The molecule has 2 aliphatic rings. The number of hydrogen-bond donors (Lipinski definition) is 1. The van der Waals surface area contributed by atoms with Crippen molar-refractivity contribution in [1.29, 1.82) is 0 Å². The monoisotopic (exact) mass is 691 g/mol. The van der Waals surface area contributed by atoms with Gasteiger partial charge in [0.1, 0.15) is 5.75 Å². The number of allylic oxidation sites excluding steroid dienone is 1. The Bertz CT molecular complexity index is 1800. The van der Waals surface area contributed by atoms with E-state index in [1.807, 2.05) is 41.3 Å². The molecule has 1 saturated heterocycles. The first-order chi connectivity index (χ1) is 23.4. The molecule has 254 valence electrons. The number of hydrogen-bond acceptors (Lipinski definition) is 9. The Kier molecular flexibility index (Phi) is 11.1. The van der Waals surface area contributed by atoms with Crippen LogP contribution in [0.25, 0.3) is 10.1 Å². The van der Waals surface area contributed by atoms with Crippen molar-refractivity contribution in [2.24, 2.45) is 0 Å². The highest BCUT2D eigenvalue weighted by Crippen LogP contribution is 2.38. The summed E-state index contributed by atoms with van der Waals surface area (Å²) in [6, 6.07) is 24.6. The van der Waals surface area contributed by atoms with Gasteiger partial charge in [-0.25, -0.2) is 8.42 Å². The zero-order valence-corrected chi connectivity index (χ0v) is 28.6. The third kappa shape index (κ3) is 7.91. The molecule has 12 heteroatoms. The zero-order valence-electron chi connectivity index (χ0n) is 26.9. The lowest BCUT2D eigenvalue weighted by atomic mass is 9.92. The van der Waals surface area contributed by atoms with Crippen LogP contribution < -0.4 is 4.74 Å². The van der Waals surface area contributed by atoms with Gasteiger partial charge in [-0.15, -0.1) is 11.3 Å². The Morgan fingerprint density at radius 3 is 2.44 bits per heavy atom. The molecule has 2 aliphatic heterocycles. The van der Waals surface area contributed by atoms with E-state index < -0.39 is 16.3 Å². The lowest BCUT2D eigenvalue weighted by Crippen LogP contribution is -2.49. The second kappa shape index (κ2) is 15.6. The second-order valence-electron chi connectivity index (χ2n) is 11.8. The molecule has 1 aromatic heterocycles. The van der Waals surface area contributed by atoms with Crippen molar-refractivity contribution >= 4 is 37.4 Å². The molecule has 6 rings (SSSR count). The maximum absolute atomic E-state index is 13.9. The van der Waals surface area contributed by atoms with E-state index in [1.165, 1.54) is 29.1 Å². The standard InChI is InChI=1S/C36H41N3O7S2/c1-44-29-11-13-30(14-12-29)48(42,43)39(19-21-40)20-22-45-35-24-28(32-26-47-34-10-6-5-9-31(32)34)23-33(46-35)36(41)38-17-15-37(16-18-38)25-27-7-3-2-4-8-27/h2-14,23,26,28,35,40H,15-22,24-25H2,1H3/t28-,35+/m1/s1. The van der Waals surface area contributed by atoms with Crippen molar-refractivity contribution < 1.29 is 32.5 Å². The summed E-state index contributed by atoms with van der Waals surface area (Å²) < 4.78 is 46.7. The Hall–Kier alpha value is -3.78. The summed E-state index contributed by atoms with van der Waals surface area (Å²) in [5.41, 5.74) is 2.35. The average molecular weight is 692 g/mol. The van der Waals surface area contributed by atoms with Crippen LogP contribution in [-0.2, 0) is 30.8 Å². The van der Waals surface area contributed by atoms with Gasteiger partial charge in [0.25, 0.3) is 5.91 Å². The highest BCUT2D eigenvalue weighted by atomic mass is 32.2. The maximum atomic E-state index is 13.9. The third-order valence-corrected chi connectivity index (χ3v) is 11.7. The van der Waals surface area contributed by atoms with Crippen molar-refractivity contribution in [2.45, 2.75) is 30.1 Å². The number of carbonyl (C=O) groups excluding carboxylic acids is 1. The molecule has 0 unspecified atom stereocenters. The molecule has 3 aromatic carbocycles. The summed E-state index contributed by atoms with van der Waals surface area (Å²) in [4.78, 5) is 18.2. The fraction of sp³-hybridized carbons (Fsp3) is 0.361. The Morgan fingerprint density at radius 2 is 1.71 bits per heavy atom. The fourth-order valence-electron chi connectivity index (χ4n) is 6.17. The predicted octanol–water partition coefficient (Wildman–Crippen LogP) is 4.67. The number of methoxy groups -OCH3 is 1. The molecule has 2 atom stereocenters. The molecule has 0 radical (unpaired) electrons. The summed E-state index contributed by atoms with van der Waals surface area (Å²) >= 11 is 1.66. The SMILES string of the molecule is COc1ccc(S(=O)(=O)N(CCO)CCO[C@@H]2C[C@H](c3csc4ccccc34)C=C(C(=O)N3CCN(Cc4ccccc4)CC3)O2)cc1. The van der Waals surface area contributed by atoms with Crippen molar-refractivity contribution in [3.63, 3.8) is 0 Å². The predicted molar refractivity (Wildman–Crippen MR) is 185 cm³/mol. The Balaban J connectivity index is 1.15. The molecule has 0 saturated carbocycles. The van der Waals surface area contributed by atoms with Gasteiger partial charge in [0.2, 0.25) is 16.3 Å². The second-order valence-corrected chi connectivity index (χ2v) is 14.7. The van der Waals surface area contributed by atoms with E-state index in [-0.39, 0.29) is 48.8 Å². The number of benzene rings is 3. The van der Waals surface area contributed by atoms with Crippen molar-refractivity contribution in [3.05, 3.63) is 107 Å². The highest BCUT2D eigenvalue weighted by Gasteiger charge is 2.34. The molecule has 3 heterocycles. The number of sulfonamides is 1. The zero-order chi connectivity index (χ0) is 33.5. The van der Waals surface area contributed by atoms with Gasteiger partial charge in [-0.05, 0) is 58.3 Å². The Morgan fingerprint density at radius 1 is 0.979 bits per heavy atom. The average Bonchev–Trinajstić information content (AvgIpc) is 3.56. The first-order valence-electron chi connectivity index (χ1n) is 16.1. The minimum Gasteiger partial charge on any atom is -0.497 e. The van der Waals surface area contributed by atoms with Gasteiger partial charge in [-0.3, -0.25) is 9.69 Å². The van der Waals surface area contributed by atoms with Crippen LogP contribution in [0.2, 0.25) is 0 Å². The van der Waals surface area contributed by atoms with Gasteiger partial charge in [0, 0.05) is 62.9 Å². The smallest absolute Gasteiger partial charge is 0.288 e. The first-order valence-corrected chi connectivity index (χ1v) is 18.4. The highest BCUT2D eigenvalue weighted by molar-refractivity contribution is 7.89. The summed E-state index contributed by atoms with van der Waals surface area (Å²) in [5, 5.41) is 12.9. The molecule has 1 fully saturated rings. The molecule has 0 bridgehead atoms. The van der Waals surface area contributed by atoms with Gasteiger partial charge in [0.05, 0.1) is 25.2 Å². The molecule has 0 spiro atoms. The molecular weight excluding hydrogens is 651 g/mol. The van der Waals surface area contributed by atoms with Crippen LogP contribution in [0.4, 0.5) is 0 Å². The number of aliphatic hydroxyl groups excluding tert-OH is 1.